The Bertz CT molecular complexity index is 1230. The Morgan fingerprint density at radius 1 is 1.06 bits per heavy atom. The fourth-order valence-corrected chi connectivity index (χ4v) is 4.53. The van der Waals surface area contributed by atoms with Crippen molar-refractivity contribution >= 4 is 16.9 Å². The van der Waals surface area contributed by atoms with Crippen molar-refractivity contribution in [2.45, 2.75) is 40.2 Å². The normalized spacial score (nSPS) is 15.8. The summed E-state index contributed by atoms with van der Waals surface area (Å²) < 4.78 is 20.9. The first-order valence-corrected chi connectivity index (χ1v) is 11.2. The highest BCUT2D eigenvalue weighted by atomic mass is 19.1. The molecule has 6 heteroatoms. The quantitative estimate of drug-likeness (QED) is 0.533. The molecule has 32 heavy (non-hydrogen) atoms. The van der Waals surface area contributed by atoms with E-state index in [0.717, 1.165) is 37.2 Å². The van der Waals surface area contributed by atoms with E-state index in [4.69, 9.17) is 4.42 Å². The minimum absolute atomic E-state index is 0.0295. The van der Waals surface area contributed by atoms with Gasteiger partial charge in [0.1, 0.15) is 11.4 Å². The molecule has 0 saturated carbocycles. The van der Waals surface area contributed by atoms with Crippen molar-refractivity contribution in [1.29, 1.82) is 0 Å². The third-order valence-electron chi connectivity index (χ3n) is 6.55. The molecule has 0 spiro atoms. The van der Waals surface area contributed by atoms with Gasteiger partial charge in [0, 0.05) is 12.1 Å². The summed E-state index contributed by atoms with van der Waals surface area (Å²) in [6.07, 6.45) is 0.721. The average molecular weight is 437 g/mol. The van der Waals surface area contributed by atoms with Crippen molar-refractivity contribution in [1.82, 2.24) is 9.80 Å². The lowest BCUT2D eigenvalue weighted by Gasteiger charge is -2.26. The van der Waals surface area contributed by atoms with Crippen molar-refractivity contribution in [2.24, 2.45) is 0 Å². The van der Waals surface area contributed by atoms with Crippen LogP contribution in [0.1, 0.15) is 59.1 Å². The topological polar surface area (TPSA) is 53.8 Å². The summed E-state index contributed by atoms with van der Waals surface area (Å²) in [4.78, 5) is 30.9. The maximum absolute atomic E-state index is 14.9. The predicted molar refractivity (Wildman–Crippen MR) is 124 cm³/mol. The number of fused-ring (bicyclic) bond motifs is 2. The van der Waals surface area contributed by atoms with E-state index in [-0.39, 0.29) is 22.7 Å². The molecule has 1 aliphatic rings. The molecule has 0 saturated heterocycles. The molecule has 0 N–H and O–H groups in total. The second kappa shape index (κ2) is 8.87. The smallest absolute Gasteiger partial charge is 0.290 e. The standard InChI is InChI=1S/C26H29FN2O3/c1-5-28(6-2)12-9-13-29-23(18-10-7-8-11-20(18)27)22-24(30)19-14-16(3)17(4)15-21(19)32-25(22)26(29)31/h7-8,10-11,14-15,23H,5-6,9,12-13H2,1-4H3/t23-/m0/s1. The highest BCUT2D eigenvalue weighted by Gasteiger charge is 2.43. The third-order valence-corrected chi connectivity index (χ3v) is 6.55. The molecule has 0 fully saturated rings. The molecule has 1 atom stereocenters. The average Bonchev–Trinajstić information content (AvgIpc) is 3.05. The molecule has 0 radical (unpaired) electrons. The van der Waals surface area contributed by atoms with Crippen LogP contribution in [0.15, 0.2) is 45.6 Å². The Labute approximate surface area is 187 Å². The zero-order valence-electron chi connectivity index (χ0n) is 19.1. The number of aryl methyl sites for hydroxylation is 2. The van der Waals surface area contributed by atoms with Crippen LogP contribution in [-0.4, -0.2) is 41.9 Å². The summed E-state index contributed by atoms with van der Waals surface area (Å²) in [5.41, 5.74) is 2.62. The van der Waals surface area contributed by atoms with Crippen LogP contribution in [-0.2, 0) is 0 Å². The van der Waals surface area contributed by atoms with Gasteiger partial charge in [0.15, 0.2) is 5.43 Å². The summed E-state index contributed by atoms with van der Waals surface area (Å²) in [6.45, 7) is 11.1. The van der Waals surface area contributed by atoms with Crippen molar-refractivity contribution in [2.75, 3.05) is 26.2 Å². The number of carbonyl (C=O) groups is 1. The van der Waals surface area contributed by atoms with Gasteiger partial charge in [-0.2, -0.15) is 0 Å². The van der Waals surface area contributed by atoms with Gasteiger partial charge >= 0.3 is 0 Å². The number of amides is 1. The summed E-state index contributed by atoms with van der Waals surface area (Å²) in [6, 6.07) is 9.13. The molecule has 0 aliphatic carbocycles. The van der Waals surface area contributed by atoms with Crippen LogP contribution in [0.5, 0.6) is 0 Å². The predicted octanol–water partition coefficient (Wildman–Crippen LogP) is 4.83. The molecule has 1 aromatic heterocycles. The first kappa shape index (κ1) is 22.2. The zero-order valence-corrected chi connectivity index (χ0v) is 19.1. The van der Waals surface area contributed by atoms with E-state index in [2.05, 4.69) is 18.7 Å². The van der Waals surface area contributed by atoms with Gasteiger partial charge in [-0.1, -0.05) is 32.0 Å². The highest BCUT2D eigenvalue weighted by molar-refractivity contribution is 5.99. The number of rotatable bonds is 7. The lowest BCUT2D eigenvalue weighted by atomic mass is 9.97. The fourth-order valence-electron chi connectivity index (χ4n) is 4.53. The van der Waals surface area contributed by atoms with E-state index in [9.17, 15) is 14.0 Å². The number of nitrogens with zero attached hydrogens (tertiary/aromatic N) is 2. The lowest BCUT2D eigenvalue weighted by Crippen LogP contribution is -2.33. The molecular formula is C26H29FN2O3. The van der Waals surface area contributed by atoms with E-state index >= 15 is 0 Å². The maximum atomic E-state index is 14.9. The molecule has 3 aromatic rings. The molecule has 2 aromatic carbocycles. The van der Waals surface area contributed by atoms with E-state index < -0.39 is 11.9 Å². The van der Waals surface area contributed by atoms with Gasteiger partial charge in [-0.3, -0.25) is 9.59 Å². The molecule has 0 unspecified atom stereocenters. The Hall–Kier alpha value is -2.99. The minimum Gasteiger partial charge on any atom is -0.450 e. The van der Waals surface area contributed by atoms with E-state index in [0.29, 0.717) is 23.1 Å². The second-order valence-corrected chi connectivity index (χ2v) is 8.41. The number of halogens is 1. The van der Waals surface area contributed by atoms with Crippen LogP contribution in [0, 0.1) is 19.7 Å². The van der Waals surface area contributed by atoms with Crippen molar-refractivity contribution < 1.29 is 13.6 Å². The number of carbonyl (C=O) groups excluding carboxylic acids is 1. The maximum Gasteiger partial charge on any atom is 0.290 e. The molecular weight excluding hydrogens is 407 g/mol. The third kappa shape index (κ3) is 3.73. The zero-order chi connectivity index (χ0) is 23.0. The largest absolute Gasteiger partial charge is 0.450 e. The molecule has 2 heterocycles. The van der Waals surface area contributed by atoms with Gasteiger partial charge in [-0.05, 0) is 69.2 Å². The first-order chi connectivity index (χ1) is 15.4. The summed E-state index contributed by atoms with van der Waals surface area (Å²) in [5, 5.41) is 0.422. The first-order valence-electron chi connectivity index (χ1n) is 11.2. The number of hydrogen-bond acceptors (Lipinski definition) is 4. The molecule has 4 rings (SSSR count). The Kier molecular flexibility index (Phi) is 6.15. The van der Waals surface area contributed by atoms with E-state index in [1.165, 1.54) is 6.07 Å². The van der Waals surface area contributed by atoms with Crippen LogP contribution < -0.4 is 5.43 Å². The molecule has 1 aliphatic heterocycles. The van der Waals surface area contributed by atoms with Crippen molar-refractivity contribution in [3.8, 4) is 0 Å². The lowest BCUT2D eigenvalue weighted by molar-refractivity contribution is 0.0718. The SMILES string of the molecule is CCN(CC)CCCN1C(=O)c2oc3cc(C)c(C)cc3c(=O)c2[C@@H]1c1ccccc1F. The van der Waals surface area contributed by atoms with Gasteiger partial charge in [0.25, 0.3) is 5.91 Å². The van der Waals surface area contributed by atoms with E-state index in [1.807, 2.05) is 13.8 Å². The fraction of sp³-hybridized carbons (Fsp3) is 0.385. The monoisotopic (exact) mass is 436 g/mol. The molecule has 5 nitrogen and oxygen atoms in total. The molecule has 0 bridgehead atoms. The Balaban J connectivity index is 1.84. The van der Waals surface area contributed by atoms with Crippen LogP contribution in [0.3, 0.4) is 0 Å². The van der Waals surface area contributed by atoms with Crippen LogP contribution in [0.2, 0.25) is 0 Å². The van der Waals surface area contributed by atoms with Gasteiger partial charge < -0.3 is 14.2 Å². The van der Waals surface area contributed by atoms with Crippen LogP contribution >= 0.6 is 0 Å². The summed E-state index contributed by atoms with van der Waals surface area (Å²) >= 11 is 0. The van der Waals surface area contributed by atoms with Gasteiger partial charge in [-0.15, -0.1) is 0 Å². The Morgan fingerprint density at radius 3 is 2.44 bits per heavy atom. The van der Waals surface area contributed by atoms with E-state index in [1.54, 1.807) is 35.2 Å². The van der Waals surface area contributed by atoms with Crippen LogP contribution in [0.25, 0.3) is 11.0 Å². The molecule has 1 amide bonds. The van der Waals surface area contributed by atoms with Crippen molar-refractivity contribution in [3.05, 3.63) is 80.5 Å². The van der Waals surface area contributed by atoms with Crippen LogP contribution in [0.4, 0.5) is 4.39 Å². The Morgan fingerprint density at radius 2 is 1.75 bits per heavy atom. The highest BCUT2D eigenvalue weighted by Crippen LogP contribution is 2.39. The number of benzene rings is 2. The summed E-state index contributed by atoms with van der Waals surface area (Å²) in [7, 11) is 0. The minimum atomic E-state index is -0.794. The number of hydrogen-bond donors (Lipinski definition) is 0. The van der Waals surface area contributed by atoms with Gasteiger partial charge in [0.2, 0.25) is 5.76 Å². The van der Waals surface area contributed by atoms with Gasteiger partial charge in [0.05, 0.1) is 17.0 Å². The van der Waals surface area contributed by atoms with Gasteiger partial charge in [-0.25, -0.2) is 4.39 Å². The van der Waals surface area contributed by atoms with Crippen molar-refractivity contribution in [3.63, 3.8) is 0 Å². The second-order valence-electron chi connectivity index (χ2n) is 8.41. The summed E-state index contributed by atoms with van der Waals surface area (Å²) in [5.74, 6) is -0.765. The molecule has 168 valence electrons.